The summed E-state index contributed by atoms with van der Waals surface area (Å²) in [5.74, 6) is 0.184. The molecule has 2 aliphatic rings. The van der Waals surface area contributed by atoms with Gasteiger partial charge in [-0.15, -0.1) is 6.58 Å². The molecule has 1 amide bonds. The molecule has 1 aliphatic heterocycles. The van der Waals surface area contributed by atoms with E-state index >= 15 is 0 Å². The van der Waals surface area contributed by atoms with Crippen LogP contribution in [0.1, 0.15) is 55.2 Å². The number of carbonyl (C=O) groups excluding carboxylic acids is 1. The molecule has 0 radical (unpaired) electrons. The maximum absolute atomic E-state index is 13.1. The van der Waals surface area contributed by atoms with Gasteiger partial charge in [-0.1, -0.05) is 25.3 Å². The Morgan fingerprint density at radius 1 is 1.48 bits per heavy atom. The van der Waals surface area contributed by atoms with Crippen molar-refractivity contribution in [2.24, 2.45) is 7.05 Å². The fourth-order valence-electron chi connectivity index (χ4n) is 3.99. The first kappa shape index (κ1) is 15.8. The summed E-state index contributed by atoms with van der Waals surface area (Å²) in [7, 11) is 1.89. The van der Waals surface area contributed by atoms with Crippen molar-refractivity contribution in [2.75, 3.05) is 6.54 Å². The van der Waals surface area contributed by atoms with Crippen LogP contribution in [0, 0.1) is 18.3 Å². The molecule has 1 spiro atoms. The zero-order valence-corrected chi connectivity index (χ0v) is 13.9. The molecule has 0 bridgehead atoms. The van der Waals surface area contributed by atoms with Crippen molar-refractivity contribution < 1.29 is 4.79 Å². The van der Waals surface area contributed by atoms with Gasteiger partial charge >= 0.3 is 0 Å². The summed E-state index contributed by atoms with van der Waals surface area (Å²) >= 11 is 0. The number of amides is 1. The van der Waals surface area contributed by atoms with Crippen molar-refractivity contribution in [3.05, 3.63) is 35.7 Å². The highest BCUT2D eigenvalue weighted by molar-refractivity contribution is 5.89. The quantitative estimate of drug-likeness (QED) is 0.873. The van der Waals surface area contributed by atoms with Crippen LogP contribution in [0.15, 0.2) is 18.7 Å². The Kier molecular flexibility index (Phi) is 4.03. The Labute approximate surface area is 137 Å². The second-order valence-corrected chi connectivity index (χ2v) is 6.68. The van der Waals surface area contributed by atoms with Gasteiger partial charge in [-0.3, -0.25) is 10.1 Å². The lowest BCUT2D eigenvalue weighted by Gasteiger charge is -2.31. The van der Waals surface area contributed by atoms with Gasteiger partial charge in [-0.25, -0.2) is 0 Å². The van der Waals surface area contributed by atoms with E-state index in [1.54, 1.807) is 6.08 Å². The van der Waals surface area contributed by atoms with Crippen LogP contribution in [0.25, 0.3) is 0 Å². The fraction of sp³-hybridized carbons (Fsp3) is 0.556. The molecule has 5 nitrogen and oxygen atoms in total. The van der Waals surface area contributed by atoms with Crippen LogP contribution in [0.4, 0.5) is 0 Å². The largest absolute Gasteiger partial charge is 0.340 e. The van der Waals surface area contributed by atoms with E-state index in [4.69, 9.17) is 0 Å². The van der Waals surface area contributed by atoms with E-state index in [0.717, 1.165) is 36.9 Å². The highest BCUT2D eigenvalue weighted by atomic mass is 16.2. The van der Waals surface area contributed by atoms with Gasteiger partial charge in [0.2, 0.25) is 5.91 Å². The van der Waals surface area contributed by atoms with E-state index in [-0.39, 0.29) is 12.1 Å². The summed E-state index contributed by atoms with van der Waals surface area (Å²) in [6.07, 6.45) is 6.77. The summed E-state index contributed by atoms with van der Waals surface area (Å²) in [6, 6.07) is 4.12. The van der Waals surface area contributed by atoms with Crippen LogP contribution in [-0.4, -0.2) is 27.5 Å². The molecule has 2 fully saturated rings. The second-order valence-electron chi connectivity index (χ2n) is 6.68. The number of nitrogens with zero attached hydrogens (tertiary/aromatic N) is 3. The van der Waals surface area contributed by atoms with Gasteiger partial charge in [0, 0.05) is 24.8 Å². The van der Waals surface area contributed by atoms with Crippen LogP contribution in [-0.2, 0) is 11.8 Å². The zero-order valence-electron chi connectivity index (χ0n) is 13.9. The van der Waals surface area contributed by atoms with E-state index in [0.29, 0.717) is 12.2 Å². The third-order valence-electron chi connectivity index (χ3n) is 5.41. The normalized spacial score (nSPS) is 23.3. The third kappa shape index (κ3) is 2.38. The summed E-state index contributed by atoms with van der Waals surface area (Å²) < 4.78 is 1.89. The van der Waals surface area contributed by atoms with Gasteiger partial charge in [-0.2, -0.15) is 5.26 Å². The molecule has 0 aromatic carbocycles. The molecule has 122 valence electrons. The SMILES string of the molecule is C=CCN1C(=O)C2(CCCCC2)N[C@@H]1c1cc(C#N)n(C)c1C. The Bertz CT molecular complexity index is 676. The molecule has 1 N–H and O–H groups in total. The second kappa shape index (κ2) is 5.86. The highest BCUT2D eigenvalue weighted by Gasteiger charge is 2.51. The van der Waals surface area contributed by atoms with E-state index in [1.807, 2.05) is 29.5 Å². The van der Waals surface area contributed by atoms with Crippen molar-refractivity contribution in [1.29, 1.82) is 5.26 Å². The minimum Gasteiger partial charge on any atom is -0.340 e. The standard InChI is InChI=1S/C18H24N4O/c1-4-10-22-16(15-11-14(12-19)21(3)13(15)2)20-18(17(22)23)8-6-5-7-9-18/h4,11,16,20H,1,5-10H2,2-3H3/t16-/m0/s1. The van der Waals surface area contributed by atoms with Gasteiger partial charge in [0.1, 0.15) is 17.9 Å². The van der Waals surface area contributed by atoms with Gasteiger partial charge in [0.15, 0.2) is 0 Å². The summed E-state index contributed by atoms with van der Waals surface area (Å²) in [5, 5.41) is 12.9. The Morgan fingerprint density at radius 3 is 2.74 bits per heavy atom. The van der Waals surface area contributed by atoms with Gasteiger partial charge < -0.3 is 9.47 Å². The first-order valence-corrected chi connectivity index (χ1v) is 8.30. The smallest absolute Gasteiger partial charge is 0.244 e. The molecule has 1 saturated carbocycles. The molecule has 1 atom stereocenters. The van der Waals surface area contributed by atoms with E-state index < -0.39 is 5.54 Å². The highest BCUT2D eigenvalue weighted by Crippen LogP contribution is 2.40. The molecule has 1 aliphatic carbocycles. The van der Waals surface area contributed by atoms with Crippen LogP contribution in [0.3, 0.4) is 0 Å². The molecule has 2 heterocycles. The molecule has 1 aromatic rings. The third-order valence-corrected chi connectivity index (χ3v) is 5.41. The predicted molar refractivity (Wildman–Crippen MR) is 88.5 cm³/mol. The number of rotatable bonds is 3. The van der Waals surface area contributed by atoms with Crippen LogP contribution in [0.2, 0.25) is 0 Å². The average Bonchev–Trinajstić information content (AvgIpc) is 2.99. The molecule has 1 aromatic heterocycles. The van der Waals surface area contributed by atoms with Crippen molar-refractivity contribution in [3.8, 4) is 6.07 Å². The molecule has 23 heavy (non-hydrogen) atoms. The first-order chi connectivity index (χ1) is 11.0. The van der Waals surface area contributed by atoms with Crippen LogP contribution >= 0.6 is 0 Å². The number of hydrogen-bond acceptors (Lipinski definition) is 3. The molecule has 5 heteroatoms. The summed E-state index contributed by atoms with van der Waals surface area (Å²) in [5.41, 5.74) is 2.23. The molecular weight excluding hydrogens is 288 g/mol. The predicted octanol–water partition coefficient (Wildman–Crippen LogP) is 2.52. The van der Waals surface area contributed by atoms with E-state index in [2.05, 4.69) is 18.0 Å². The molecule has 3 rings (SSSR count). The Morgan fingerprint density at radius 2 is 2.17 bits per heavy atom. The fourth-order valence-corrected chi connectivity index (χ4v) is 3.99. The number of carbonyl (C=O) groups is 1. The lowest BCUT2D eigenvalue weighted by atomic mass is 9.81. The number of nitriles is 1. The first-order valence-electron chi connectivity index (χ1n) is 8.30. The van der Waals surface area contributed by atoms with E-state index in [1.165, 1.54) is 6.42 Å². The minimum atomic E-state index is -0.430. The lowest BCUT2D eigenvalue weighted by Crippen LogP contribution is -2.48. The number of aromatic nitrogens is 1. The maximum Gasteiger partial charge on any atom is 0.244 e. The molecular formula is C18H24N4O. The Balaban J connectivity index is 2.02. The number of nitrogens with one attached hydrogen (secondary N) is 1. The zero-order chi connectivity index (χ0) is 16.6. The van der Waals surface area contributed by atoms with Crippen LogP contribution in [0.5, 0.6) is 0 Å². The topological polar surface area (TPSA) is 61.1 Å². The van der Waals surface area contributed by atoms with Crippen LogP contribution < -0.4 is 5.32 Å². The van der Waals surface area contributed by atoms with E-state index in [9.17, 15) is 10.1 Å². The molecule has 0 unspecified atom stereocenters. The maximum atomic E-state index is 13.1. The van der Waals surface area contributed by atoms with Crippen molar-refractivity contribution in [2.45, 2.75) is 50.7 Å². The minimum absolute atomic E-state index is 0.174. The van der Waals surface area contributed by atoms with Crippen molar-refractivity contribution >= 4 is 5.91 Å². The number of hydrogen-bond donors (Lipinski definition) is 1. The van der Waals surface area contributed by atoms with Crippen molar-refractivity contribution in [1.82, 2.24) is 14.8 Å². The van der Waals surface area contributed by atoms with Crippen molar-refractivity contribution in [3.63, 3.8) is 0 Å². The Hall–Kier alpha value is -2.06. The summed E-state index contributed by atoms with van der Waals surface area (Å²) in [6.45, 7) is 6.33. The molecule has 1 saturated heterocycles. The van der Waals surface area contributed by atoms with Gasteiger partial charge in [0.05, 0.1) is 5.54 Å². The monoisotopic (exact) mass is 312 g/mol. The summed E-state index contributed by atoms with van der Waals surface area (Å²) in [4.78, 5) is 14.9. The average molecular weight is 312 g/mol. The van der Waals surface area contributed by atoms with Gasteiger partial charge in [-0.05, 0) is 25.8 Å². The lowest BCUT2D eigenvalue weighted by molar-refractivity contribution is -0.133. The van der Waals surface area contributed by atoms with Gasteiger partial charge in [0.25, 0.3) is 0 Å².